The van der Waals surface area contributed by atoms with E-state index < -0.39 is 19.5 Å². The number of allylic oxidation sites excluding steroid dienone is 1. The van der Waals surface area contributed by atoms with E-state index in [0.29, 0.717) is 5.04 Å². The molecule has 1 atom stereocenters. The highest BCUT2D eigenvalue weighted by molar-refractivity contribution is 6.84. The molecule has 0 bridgehead atoms. The van der Waals surface area contributed by atoms with Crippen molar-refractivity contribution < 1.29 is 9.90 Å². The molecule has 1 rings (SSSR count). The van der Waals surface area contributed by atoms with Gasteiger partial charge < -0.3 is 5.11 Å². The van der Waals surface area contributed by atoms with E-state index in [4.69, 9.17) is 0 Å². The first-order chi connectivity index (χ1) is 8.89. The van der Waals surface area contributed by atoms with Crippen LogP contribution < -0.4 is 0 Å². The SMILES string of the molecule is CC(C)(C(=O)O)C1CCCC/C1=C/[Si](C)(C)C(C)(C)C. The van der Waals surface area contributed by atoms with Crippen LogP contribution in [0.3, 0.4) is 0 Å². The molecule has 1 saturated carbocycles. The third-order valence-corrected chi connectivity index (χ3v) is 10.5. The zero-order chi connectivity index (χ0) is 15.8. The van der Waals surface area contributed by atoms with E-state index >= 15 is 0 Å². The van der Waals surface area contributed by atoms with Gasteiger partial charge in [-0.25, -0.2) is 0 Å². The summed E-state index contributed by atoms with van der Waals surface area (Å²) in [5.74, 6) is -0.451. The van der Waals surface area contributed by atoms with Gasteiger partial charge in [0.15, 0.2) is 0 Å². The monoisotopic (exact) mass is 296 g/mol. The highest BCUT2D eigenvalue weighted by atomic mass is 28.3. The molecule has 0 heterocycles. The summed E-state index contributed by atoms with van der Waals surface area (Å²) in [6.45, 7) is 15.5. The molecule has 0 radical (unpaired) electrons. The van der Waals surface area contributed by atoms with Gasteiger partial charge in [-0.2, -0.15) is 0 Å². The second-order valence-corrected chi connectivity index (χ2v) is 13.7. The Labute approximate surface area is 125 Å². The van der Waals surface area contributed by atoms with E-state index in [0.717, 1.165) is 19.3 Å². The molecule has 20 heavy (non-hydrogen) atoms. The van der Waals surface area contributed by atoms with Gasteiger partial charge in [-0.1, -0.05) is 51.6 Å². The lowest BCUT2D eigenvalue weighted by Crippen LogP contribution is -2.39. The number of carbonyl (C=O) groups is 1. The number of hydrogen-bond acceptors (Lipinski definition) is 1. The van der Waals surface area contributed by atoms with Crippen molar-refractivity contribution in [3.63, 3.8) is 0 Å². The average Bonchev–Trinajstić information content (AvgIpc) is 2.27. The van der Waals surface area contributed by atoms with E-state index in [2.05, 4.69) is 39.6 Å². The molecule has 1 unspecified atom stereocenters. The Morgan fingerprint density at radius 3 is 2.20 bits per heavy atom. The van der Waals surface area contributed by atoms with Gasteiger partial charge in [0.05, 0.1) is 13.5 Å². The molecular formula is C17H32O2Si. The van der Waals surface area contributed by atoms with Crippen LogP contribution in [0, 0.1) is 11.3 Å². The first-order valence-corrected chi connectivity index (χ1v) is 10.9. The second kappa shape index (κ2) is 5.67. The van der Waals surface area contributed by atoms with Gasteiger partial charge in [0.2, 0.25) is 0 Å². The molecule has 1 fully saturated rings. The molecule has 1 aliphatic rings. The third-order valence-electron chi connectivity index (χ3n) is 5.56. The minimum absolute atomic E-state index is 0.211. The zero-order valence-corrected chi connectivity index (χ0v) is 15.3. The molecule has 0 amide bonds. The smallest absolute Gasteiger partial charge is 0.309 e. The van der Waals surface area contributed by atoms with Crippen molar-refractivity contribution in [2.24, 2.45) is 11.3 Å². The summed E-state index contributed by atoms with van der Waals surface area (Å²) < 4.78 is 0. The number of hydrogen-bond donors (Lipinski definition) is 1. The maximum absolute atomic E-state index is 11.6. The number of carboxylic acid groups (broad SMARTS) is 1. The number of aliphatic carboxylic acids is 1. The van der Waals surface area contributed by atoms with E-state index in [9.17, 15) is 9.90 Å². The standard InChI is InChI=1S/C17H32O2Si/c1-16(2,3)20(6,7)12-13-10-8-9-11-14(13)17(4,5)15(18)19/h12,14H,8-11H2,1-7H3,(H,18,19)/b13-12-. The normalized spacial score (nSPS) is 23.9. The second-order valence-electron chi connectivity index (χ2n) is 8.52. The van der Waals surface area contributed by atoms with Gasteiger partial charge in [-0.15, -0.1) is 0 Å². The topological polar surface area (TPSA) is 37.3 Å². The van der Waals surface area contributed by atoms with Crippen LogP contribution in [0.15, 0.2) is 11.3 Å². The fourth-order valence-corrected chi connectivity index (χ4v) is 4.57. The highest BCUT2D eigenvalue weighted by Gasteiger charge is 2.41. The fraction of sp³-hybridized carbons (Fsp3) is 0.824. The number of carboxylic acids is 1. The maximum atomic E-state index is 11.6. The summed E-state index contributed by atoms with van der Waals surface area (Å²) >= 11 is 0. The molecule has 0 aromatic heterocycles. The first-order valence-electron chi connectivity index (χ1n) is 7.84. The van der Waals surface area contributed by atoms with Crippen molar-refractivity contribution in [1.29, 1.82) is 0 Å². The van der Waals surface area contributed by atoms with Crippen LogP contribution in [-0.2, 0) is 4.79 Å². The lowest BCUT2D eigenvalue weighted by molar-refractivity contribution is -0.149. The van der Waals surface area contributed by atoms with Gasteiger partial charge in [-0.3, -0.25) is 4.79 Å². The lowest BCUT2D eigenvalue weighted by Gasteiger charge is -2.40. The van der Waals surface area contributed by atoms with E-state index in [1.54, 1.807) is 0 Å². The van der Waals surface area contributed by atoms with E-state index in [-0.39, 0.29) is 5.92 Å². The average molecular weight is 297 g/mol. The molecule has 0 aliphatic heterocycles. The molecule has 1 aliphatic carbocycles. The van der Waals surface area contributed by atoms with Crippen molar-refractivity contribution in [2.45, 2.75) is 78.4 Å². The van der Waals surface area contributed by atoms with Crippen LogP contribution in [0.5, 0.6) is 0 Å². The quantitative estimate of drug-likeness (QED) is 0.721. The van der Waals surface area contributed by atoms with Crippen LogP contribution >= 0.6 is 0 Å². The Morgan fingerprint density at radius 1 is 1.20 bits per heavy atom. The Kier molecular flexibility index (Phi) is 4.95. The molecule has 0 aromatic rings. The molecule has 0 saturated heterocycles. The van der Waals surface area contributed by atoms with Crippen molar-refractivity contribution in [2.75, 3.05) is 0 Å². The first kappa shape index (κ1) is 17.5. The minimum Gasteiger partial charge on any atom is -0.481 e. The number of rotatable bonds is 3. The molecular weight excluding hydrogens is 264 g/mol. The van der Waals surface area contributed by atoms with Crippen LogP contribution in [0.2, 0.25) is 18.1 Å². The van der Waals surface area contributed by atoms with E-state index in [1.807, 2.05) is 13.8 Å². The predicted octanol–water partition coefficient (Wildman–Crippen LogP) is 5.26. The highest BCUT2D eigenvalue weighted by Crippen LogP contribution is 2.45. The van der Waals surface area contributed by atoms with Crippen LogP contribution in [0.1, 0.15) is 60.3 Å². The van der Waals surface area contributed by atoms with Crippen LogP contribution in [0.4, 0.5) is 0 Å². The summed E-state index contributed by atoms with van der Waals surface area (Å²) in [5, 5.41) is 9.87. The fourth-order valence-electron chi connectivity index (χ4n) is 2.86. The summed E-state index contributed by atoms with van der Waals surface area (Å²) in [4.78, 5) is 11.6. The van der Waals surface area contributed by atoms with Crippen molar-refractivity contribution in [3.8, 4) is 0 Å². The van der Waals surface area contributed by atoms with Crippen molar-refractivity contribution in [3.05, 3.63) is 11.3 Å². The molecule has 0 spiro atoms. The Balaban J connectivity index is 3.16. The van der Waals surface area contributed by atoms with Gasteiger partial charge in [0.25, 0.3) is 0 Å². The largest absolute Gasteiger partial charge is 0.481 e. The molecule has 3 heteroatoms. The summed E-state index contributed by atoms with van der Waals surface area (Å²) in [6, 6.07) is 0. The van der Waals surface area contributed by atoms with Crippen molar-refractivity contribution in [1.82, 2.24) is 0 Å². The molecule has 1 N–H and O–H groups in total. The Hall–Kier alpha value is -0.573. The van der Waals surface area contributed by atoms with Crippen LogP contribution in [-0.4, -0.2) is 19.1 Å². The molecule has 2 nitrogen and oxygen atoms in total. The predicted molar refractivity (Wildman–Crippen MR) is 88.7 cm³/mol. The van der Waals surface area contributed by atoms with Crippen molar-refractivity contribution >= 4 is 14.0 Å². The van der Waals surface area contributed by atoms with E-state index in [1.165, 1.54) is 12.0 Å². The van der Waals surface area contributed by atoms with Gasteiger partial charge in [0, 0.05) is 0 Å². The zero-order valence-electron chi connectivity index (χ0n) is 14.3. The molecule has 0 aromatic carbocycles. The summed E-state index contributed by atoms with van der Waals surface area (Å²) in [7, 11) is -1.50. The third kappa shape index (κ3) is 3.54. The Bertz CT molecular complexity index is 400. The summed E-state index contributed by atoms with van der Waals surface area (Å²) in [5.41, 5.74) is 3.30. The van der Waals surface area contributed by atoms with Gasteiger partial charge in [-0.05, 0) is 44.1 Å². The minimum atomic E-state index is -1.50. The molecule has 116 valence electrons. The lowest BCUT2D eigenvalue weighted by atomic mass is 9.69. The van der Waals surface area contributed by atoms with Crippen LogP contribution in [0.25, 0.3) is 0 Å². The maximum Gasteiger partial charge on any atom is 0.309 e. The summed E-state index contributed by atoms with van der Waals surface area (Å²) in [6.07, 6.45) is 4.50. The van der Waals surface area contributed by atoms with Gasteiger partial charge in [0.1, 0.15) is 0 Å². The Morgan fingerprint density at radius 2 is 1.75 bits per heavy atom. The van der Waals surface area contributed by atoms with Gasteiger partial charge >= 0.3 is 5.97 Å².